The van der Waals surface area contributed by atoms with Gasteiger partial charge in [0, 0.05) is 18.3 Å². The Hall–Kier alpha value is -1.16. The molecule has 0 amide bonds. The third kappa shape index (κ3) is 3.92. The van der Waals surface area contributed by atoms with Gasteiger partial charge in [-0.25, -0.2) is 9.37 Å². The smallest absolute Gasteiger partial charge is 0.250 e. The Bertz CT molecular complexity index is 428. The maximum Gasteiger partial charge on any atom is 0.250 e. The summed E-state index contributed by atoms with van der Waals surface area (Å²) in [6.07, 6.45) is 4.92. The van der Waals surface area contributed by atoms with Gasteiger partial charge in [0.1, 0.15) is 6.10 Å². The summed E-state index contributed by atoms with van der Waals surface area (Å²) in [5.41, 5.74) is 0.619. The number of rotatable bonds is 5. The minimum atomic E-state index is -0.320. The van der Waals surface area contributed by atoms with Gasteiger partial charge in [0.25, 0.3) is 5.88 Å². The van der Waals surface area contributed by atoms with Gasteiger partial charge >= 0.3 is 0 Å². The maximum absolute atomic E-state index is 14.3. The van der Waals surface area contributed by atoms with E-state index in [0.29, 0.717) is 23.9 Å². The molecule has 1 aliphatic rings. The van der Waals surface area contributed by atoms with Crippen molar-refractivity contribution >= 4 is 0 Å². The van der Waals surface area contributed by atoms with Crippen molar-refractivity contribution in [3.63, 3.8) is 0 Å². The van der Waals surface area contributed by atoms with Crippen LogP contribution in [0.15, 0.2) is 12.3 Å². The molecule has 1 heterocycles. The van der Waals surface area contributed by atoms with E-state index in [9.17, 15) is 4.39 Å². The topological polar surface area (TPSA) is 34.2 Å². The zero-order valence-corrected chi connectivity index (χ0v) is 12.7. The van der Waals surface area contributed by atoms with Crippen LogP contribution in [-0.4, -0.2) is 17.6 Å². The zero-order valence-electron chi connectivity index (χ0n) is 12.7. The Morgan fingerprint density at radius 3 is 2.65 bits per heavy atom. The van der Waals surface area contributed by atoms with E-state index < -0.39 is 0 Å². The molecule has 1 aliphatic carbocycles. The summed E-state index contributed by atoms with van der Waals surface area (Å²) in [6.45, 7) is 7.80. The first kappa shape index (κ1) is 15.2. The first-order valence-electron chi connectivity index (χ1n) is 7.60. The lowest BCUT2D eigenvalue weighted by molar-refractivity contribution is 0.0921. The van der Waals surface area contributed by atoms with Crippen LogP contribution in [-0.2, 0) is 6.54 Å². The zero-order chi connectivity index (χ0) is 14.5. The molecule has 0 saturated heterocycles. The number of nitrogens with one attached hydrogen (secondary N) is 1. The van der Waals surface area contributed by atoms with Crippen LogP contribution in [0.4, 0.5) is 4.39 Å². The van der Waals surface area contributed by atoms with Gasteiger partial charge in [-0.1, -0.05) is 20.8 Å². The summed E-state index contributed by atoms with van der Waals surface area (Å²) < 4.78 is 20.2. The Labute approximate surface area is 120 Å². The van der Waals surface area contributed by atoms with Gasteiger partial charge in [-0.3, -0.25) is 0 Å². The van der Waals surface area contributed by atoms with Crippen molar-refractivity contribution in [3.05, 3.63) is 23.6 Å². The maximum atomic E-state index is 14.3. The van der Waals surface area contributed by atoms with Gasteiger partial charge in [0.05, 0.1) is 0 Å². The van der Waals surface area contributed by atoms with Gasteiger partial charge in [-0.05, 0) is 43.7 Å². The highest BCUT2D eigenvalue weighted by atomic mass is 19.1. The van der Waals surface area contributed by atoms with Crippen LogP contribution >= 0.6 is 0 Å². The summed E-state index contributed by atoms with van der Waals surface area (Å²) >= 11 is 0. The summed E-state index contributed by atoms with van der Waals surface area (Å²) in [4.78, 5) is 4.07. The van der Waals surface area contributed by atoms with Crippen molar-refractivity contribution in [2.24, 2.45) is 11.8 Å². The van der Waals surface area contributed by atoms with E-state index in [-0.39, 0.29) is 17.8 Å². The quantitative estimate of drug-likeness (QED) is 0.896. The molecule has 0 spiro atoms. The molecule has 4 heteroatoms. The lowest BCUT2D eigenvalue weighted by Gasteiger charge is -2.31. The number of aromatic nitrogens is 1. The second-order valence-corrected chi connectivity index (χ2v) is 6.03. The van der Waals surface area contributed by atoms with Crippen molar-refractivity contribution in [2.75, 3.05) is 6.54 Å². The van der Waals surface area contributed by atoms with Crippen molar-refractivity contribution in [1.29, 1.82) is 0 Å². The van der Waals surface area contributed by atoms with Gasteiger partial charge in [-0.15, -0.1) is 0 Å². The molecule has 3 nitrogen and oxygen atoms in total. The lowest BCUT2D eigenvalue weighted by Crippen LogP contribution is -2.29. The molecule has 0 aromatic carbocycles. The van der Waals surface area contributed by atoms with Gasteiger partial charge in [0.2, 0.25) is 0 Å². The van der Waals surface area contributed by atoms with E-state index in [2.05, 4.69) is 24.1 Å². The first-order valence-corrected chi connectivity index (χ1v) is 7.60. The molecule has 112 valence electrons. The summed E-state index contributed by atoms with van der Waals surface area (Å²) in [5.74, 6) is 1.11. The van der Waals surface area contributed by atoms with Crippen LogP contribution in [0.1, 0.15) is 45.6 Å². The van der Waals surface area contributed by atoms with Crippen LogP contribution < -0.4 is 10.1 Å². The minimum absolute atomic E-state index is 0.0881. The van der Waals surface area contributed by atoms with Gasteiger partial charge < -0.3 is 10.1 Å². The van der Waals surface area contributed by atoms with Crippen molar-refractivity contribution in [3.8, 4) is 5.88 Å². The molecular formula is C16H25FN2O. The SMILES string of the molecule is CCNCc1ccnc(OC2CC(C)CC(C)C2)c1F. The molecule has 2 atom stereocenters. The first-order chi connectivity index (χ1) is 9.60. The molecular weight excluding hydrogens is 255 g/mol. The van der Waals surface area contributed by atoms with Gasteiger partial charge in [0.15, 0.2) is 5.82 Å². The third-order valence-corrected chi connectivity index (χ3v) is 3.92. The van der Waals surface area contributed by atoms with Crippen LogP contribution in [0.25, 0.3) is 0 Å². The Kier molecular flexibility index (Phi) is 5.35. The number of pyridine rings is 1. The standard InChI is InChI=1S/C16H25FN2O/c1-4-18-10-13-5-6-19-16(15(13)17)20-14-8-11(2)7-12(3)9-14/h5-6,11-12,14,18H,4,7-10H2,1-3H3. The average Bonchev–Trinajstić information content (AvgIpc) is 2.38. The number of hydrogen-bond acceptors (Lipinski definition) is 3. The number of halogens is 1. The molecule has 1 saturated carbocycles. The highest BCUT2D eigenvalue weighted by Gasteiger charge is 2.26. The minimum Gasteiger partial charge on any atom is -0.472 e. The van der Waals surface area contributed by atoms with E-state index in [4.69, 9.17) is 4.74 Å². The highest BCUT2D eigenvalue weighted by molar-refractivity contribution is 5.23. The average molecular weight is 280 g/mol. The molecule has 2 rings (SSSR count). The molecule has 1 aromatic heterocycles. The van der Waals surface area contributed by atoms with E-state index in [1.54, 1.807) is 12.3 Å². The molecule has 20 heavy (non-hydrogen) atoms. The predicted octanol–water partition coefficient (Wildman–Crippen LogP) is 3.53. The number of nitrogens with zero attached hydrogens (tertiary/aromatic N) is 1. The molecule has 0 bridgehead atoms. The lowest BCUT2D eigenvalue weighted by atomic mass is 9.82. The summed E-state index contributed by atoms with van der Waals surface area (Å²) in [6, 6.07) is 1.71. The predicted molar refractivity (Wildman–Crippen MR) is 78.2 cm³/mol. The van der Waals surface area contributed by atoms with E-state index >= 15 is 0 Å². The fraction of sp³-hybridized carbons (Fsp3) is 0.688. The fourth-order valence-corrected chi connectivity index (χ4v) is 3.07. The van der Waals surface area contributed by atoms with Crippen molar-refractivity contribution in [1.82, 2.24) is 10.3 Å². The van der Waals surface area contributed by atoms with E-state index in [1.165, 1.54) is 6.42 Å². The third-order valence-electron chi connectivity index (χ3n) is 3.92. The fourth-order valence-electron chi connectivity index (χ4n) is 3.07. The number of hydrogen-bond donors (Lipinski definition) is 1. The molecule has 2 unspecified atom stereocenters. The second kappa shape index (κ2) is 7.02. The van der Waals surface area contributed by atoms with Crippen LogP contribution in [0.3, 0.4) is 0 Å². The molecule has 0 radical (unpaired) electrons. The Morgan fingerprint density at radius 2 is 2.00 bits per heavy atom. The molecule has 1 aromatic rings. The normalized spacial score (nSPS) is 26.5. The van der Waals surface area contributed by atoms with Crippen LogP contribution in [0.2, 0.25) is 0 Å². The molecule has 1 N–H and O–H groups in total. The van der Waals surface area contributed by atoms with Crippen LogP contribution in [0.5, 0.6) is 5.88 Å². The monoisotopic (exact) mass is 280 g/mol. The van der Waals surface area contributed by atoms with Gasteiger partial charge in [-0.2, -0.15) is 0 Å². The van der Waals surface area contributed by atoms with E-state index in [1.807, 2.05) is 6.92 Å². The summed E-state index contributed by atoms with van der Waals surface area (Å²) in [7, 11) is 0. The van der Waals surface area contributed by atoms with Crippen LogP contribution in [0, 0.1) is 17.7 Å². The largest absolute Gasteiger partial charge is 0.472 e. The molecule has 1 fully saturated rings. The number of ether oxygens (including phenoxy) is 1. The molecule has 0 aliphatic heterocycles. The van der Waals surface area contributed by atoms with E-state index in [0.717, 1.165) is 19.4 Å². The Morgan fingerprint density at radius 1 is 1.30 bits per heavy atom. The van der Waals surface area contributed by atoms with Crippen molar-refractivity contribution < 1.29 is 9.13 Å². The van der Waals surface area contributed by atoms with Crippen molar-refractivity contribution in [2.45, 2.75) is 52.7 Å². The Balaban J connectivity index is 2.05. The second-order valence-electron chi connectivity index (χ2n) is 6.03. The summed E-state index contributed by atoms with van der Waals surface area (Å²) in [5, 5.41) is 3.13. The highest BCUT2D eigenvalue weighted by Crippen LogP contribution is 2.31.